The molecule has 0 saturated heterocycles. The fourth-order valence-corrected chi connectivity index (χ4v) is 1.64. The van der Waals surface area contributed by atoms with Crippen LogP contribution in [0.5, 0.6) is 0 Å². The predicted octanol–water partition coefficient (Wildman–Crippen LogP) is 1.99. The number of hydrogen-bond acceptors (Lipinski definition) is 2. The second-order valence-corrected chi connectivity index (χ2v) is 4.25. The smallest absolute Gasteiger partial charge is 0.224 e. The van der Waals surface area contributed by atoms with Crippen LogP contribution in [0.1, 0.15) is 37.3 Å². The van der Waals surface area contributed by atoms with E-state index in [1.165, 1.54) is 12.8 Å². The van der Waals surface area contributed by atoms with Crippen molar-refractivity contribution in [1.29, 1.82) is 0 Å². The molecule has 17 heavy (non-hydrogen) atoms. The largest absolute Gasteiger partial charge is 0.356 e. The van der Waals surface area contributed by atoms with Gasteiger partial charge >= 0.3 is 0 Å². The highest BCUT2D eigenvalue weighted by molar-refractivity contribution is 5.78. The molecular weight excluding hydrogens is 212 g/mol. The zero-order valence-electron chi connectivity index (χ0n) is 10.5. The van der Waals surface area contributed by atoms with Gasteiger partial charge in [-0.1, -0.05) is 44.0 Å². The number of nitrogens with one attached hydrogen (secondary N) is 1. The lowest BCUT2D eigenvalue weighted by Crippen LogP contribution is -2.26. The normalized spacial score (nSPS) is 10.2. The Morgan fingerprint density at radius 1 is 1.18 bits per heavy atom. The summed E-state index contributed by atoms with van der Waals surface area (Å²) in [5.74, 6) is 0.0987. The van der Waals surface area contributed by atoms with Gasteiger partial charge in [0.15, 0.2) is 0 Å². The summed E-state index contributed by atoms with van der Waals surface area (Å²) < 4.78 is 0. The van der Waals surface area contributed by atoms with Gasteiger partial charge in [0.1, 0.15) is 0 Å². The van der Waals surface area contributed by atoms with Crippen molar-refractivity contribution < 1.29 is 4.79 Å². The molecule has 3 N–H and O–H groups in total. The highest BCUT2D eigenvalue weighted by Crippen LogP contribution is 2.04. The second-order valence-electron chi connectivity index (χ2n) is 4.25. The molecule has 0 saturated carbocycles. The predicted molar refractivity (Wildman–Crippen MR) is 70.6 cm³/mol. The fourth-order valence-electron chi connectivity index (χ4n) is 1.64. The first-order valence-electron chi connectivity index (χ1n) is 6.31. The van der Waals surface area contributed by atoms with Crippen molar-refractivity contribution in [2.45, 2.75) is 39.2 Å². The maximum Gasteiger partial charge on any atom is 0.224 e. The highest BCUT2D eigenvalue weighted by atomic mass is 16.1. The number of carbonyl (C=O) groups excluding carboxylic acids is 1. The van der Waals surface area contributed by atoms with Crippen LogP contribution >= 0.6 is 0 Å². The van der Waals surface area contributed by atoms with Crippen LogP contribution in [-0.2, 0) is 17.8 Å². The Labute approximate surface area is 103 Å². The fraction of sp³-hybridized carbons (Fsp3) is 0.500. The maximum atomic E-state index is 11.6. The lowest BCUT2D eigenvalue weighted by Gasteiger charge is -2.05. The number of rotatable bonds is 7. The van der Waals surface area contributed by atoms with Gasteiger partial charge in [-0.15, -0.1) is 0 Å². The number of unbranched alkanes of at least 4 members (excludes halogenated alkanes) is 2. The molecule has 0 radical (unpaired) electrons. The maximum absolute atomic E-state index is 11.6. The van der Waals surface area contributed by atoms with E-state index in [-0.39, 0.29) is 5.91 Å². The quantitative estimate of drug-likeness (QED) is 0.709. The minimum absolute atomic E-state index is 0.0987. The molecule has 0 heterocycles. The number of carbonyl (C=O) groups is 1. The Morgan fingerprint density at radius 2 is 1.82 bits per heavy atom. The average molecular weight is 234 g/mol. The van der Waals surface area contributed by atoms with E-state index in [0.717, 1.165) is 24.1 Å². The molecule has 0 aliphatic carbocycles. The Kier molecular flexibility index (Phi) is 6.33. The zero-order chi connectivity index (χ0) is 12.5. The third kappa shape index (κ3) is 5.50. The number of nitrogens with two attached hydrogens (primary N) is 1. The molecule has 0 unspecified atom stereocenters. The molecule has 1 amide bonds. The van der Waals surface area contributed by atoms with Crippen LogP contribution in [0.25, 0.3) is 0 Å². The van der Waals surface area contributed by atoms with Gasteiger partial charge in [0.25, 0.3) is 0 Å². The van der Waals surface area contributed by atoms with Gasteiger partial charge in [0, 0.05) is 13.1 Å². The molecule has 0 aliphatic heterocycles. The van der Waals surface area contributed by atoms with Gasteiger partial charge in [-0.3, -0.25) is 4.79 Å². The van der Waals surface area contributed by atoms with E-state index in [1.54, 1.807) is 0 Å². The SMILES string of the molecule is CCCCCNC(=O)Cc1ccc(CN)cc1. The molecule has 1 aromatic carbocycles. The van der Waals surface area contributed by atoms with Gasteiger partial charge in [-0.05, 0) is 17.5 Å². The molecule has 0 aliphatic rings. The highest BCUT2D eigenvalue weighted by Gasteiger charge is 2.02. The molecule has 0 aromatic heterocycles. The van der Waals surface area contributed by atoms with Crippen LogP contribution < -0.4 is 11.1 Å². The summed E-state index contributed by atoms with van der Waals surface area (Å²) in [5.41, 5.74) is 7.65. The summed E-state index contributed by atoms with van der Waals surface area (Å²) in [5, 5.41) is 2.93. The van der Waals surface area contributed by atoms with E-state index >= 15 is 0 Å². The van der Waals surface area contributed by atoms with Crippen molar-refractivity contribution in [3.05, 3.63) is 35.4 Å². The van der Waals surface area contributed by atoms with Crippen molar-refractivity contribution in [3.8, 4) is 0 Å². The Hall–Kier alpha value is -1.35. The molecule has 0 atom stereocenters. The molecule has 3 nitrogen and oxygen atoms in total. The van der Waals surface area contributed by atoms with E-state index in [2.05, 4.69) is 12.2 Å². The van der Waals surface area contributed by atoms with Crippen molar-refractivity contribution >= 4 is 5.91 Å². The van der Waals surface area contributed by atoms with Gasteiger partial charge in [-0.25, -0.2) is 0 Å². The first-order chi connectivity index (χ1) is 8.26. The topological polar surface area (TPSA) is 55.1 Å². The van der Waals surface area contributed by atoms with E-state index < -0.39 is 0 Å². The number of benzene rings is 1. The second kappa shape index (κ2) is 7.85. The van der Waals surface area contributed by atoms with Crippen LogP contribution in [0.15, 0.2) is 24.3 Å². The third-order valence-corrected chi connectivity index (χ3v) is 2.73. The minimum atomic E-state index is 0.0987. The van der Waals surface area contributed by atoms with E-state index in [1.807, 2.05) is 24.3 Å². The van der Waals surface area contributed by atoms with Gasteiger partial charge in [-0.2, -0.15) is 0 Å². The summed E-state index contributed by atoms with van der Waals surface area (Å²) in [4.78, 5) is 11.6. The van der Waals surface area contributed by atoms with Crippen molar-refractivity contribution in [2.75, 3.05) is 6.54 Å². The van der Waals surface area contributed by atoms with Crippen molar-refractivity contribution in [3.63, 3.8) is 0 Å². The van der Waals surface area contributed by atoms with E-state index in [9.17, 15) is 4.79 Å². The molecule has 0 fully saturated rings. The molecule has 0 spiro atoms. The Morgan fingerprint density at radius 3 is 2.41 bits per heavy atom. The summed E-state index contributed by atoms with van der Waals surface area (Å²) in [6.07, 6.45) is 3.87. The minimum Gasteiger partial charge on any atom is -0.356 e. The average Bonchev–Trinajstić information content (AvgIpc) is 2.36. The lowest BCUT2D eigenvalue weighted by atomic mass is 10.1. The van der Waals surface area contributed by atoms with E-state index in [4.69, 9.17) is 5.73 Å². The molecule has 0 bridgehead atoms. The molecule has 3 heteroatoms. The monoisotopic (exact) mass is 234 g/mol. The summed E-state index contributed by atoms with van der Waals surface area (Å²) in [7, 11) is 0. The summed E-state index contributed by atoms with van der Waals surface area (Å²) >= 11 is 0. The molecule has 1 rings (SSSR count). The van der Waals surface area contributed by atoms with Crippen molar-refractivity contribution in [1.82, 2.24) is 5.32 Å². The van der Waals surface area contributed by atoms with Crippen LogP contribution in [-0.4, -0.2) is 12.5 Å². The van der Waals surface area contributed by atoms with Crippen LogP contribution in [0.4, 0.5) is 0 Å². The molecule has 1 aromatic rings. The number of amides is 1. The van der Waals surface area contributed by atoms with Gasteiger partial charge in [0.2, 0.25) is 5.91 Å². The number of hydrogen-bond donors (Lipinski definition) is 2. The summed E-state index contributed by atoms with van der Waals surface area (Å²) in [6, 6.07) is 7.88. The van der Waals surface area contributed by atoms with Gasteiger partial charge in [0.05, 0.1) is 6.42 Å². The van der Waals surface area contributed by atoms with Gasteiger partial charge < -0.3 is 11.1 Å². The lowest BCUT2D eigenvalue weighted by molar-refractivity contribution is -0.120. The first kappa shape index (κ1) is 13.7. The van der Waals surface area contributed by atoms with E-state index in [0.29, 0.717) is 13.0 Å². The van der Waals surface area contributed by atoms with Crippen LogP contribution in [0.2, 0.25) is 0 Å². The van der Waals surface area contributed by atoms with Crippen molar-refractivity contribution in [2.24, 2.45) is 5.73 Å². The van der Waals surface area contributed by atoms with Crippen LogP contribution in [0.3, 0.4) is 0 Å². The van der Waals surface area contributed by atoms with Crippen LogP contribution in [0, 0.1) is 0 Å². The standard InChI is InChI=1S/C14H22N2O/c1-2-3-4-9-16-14(17)10-12-5-7-13(11-15)8-6-12/h5-8H,2-4,9-11,15H2,1H3,(H,16,17). The first-order valence-corrected chi connectivity index (χ1v) is 6.31. The summed E-state index contributed by atoms with van der Waals surface area (Å²) in [6.45, 7) is 3.48. The Bertz CT molecular complexity index is 333. The molecule has 94 valence electrons. The molecular formula is C14H22N2O. The third-order valence-electron chi connectivity index (χ3n) is 2.73. The Balaban J connectivity index is 2.29. The zero-order valence-corrected chi connectivity index (χ0v) is 10.5.